The highest BCUT2D eigenvalue weighted by atomic mass is 35.5. The van der Waals surface area contributed by atoms with Crippen molar-refractivity contribution in [2.24, 2.45) is 0 Å². The molecule has 0 spiro atoms. The normalized spacial score (nSPS) is 10.9. The van der Waals surface area contributed by atoms with E-state index < -0.39 is 4.92 Å². The van der Waals surface area contributed by atoms with Crippen LogP contribution in [0.15, 0.2) is 36.4 Å². The Kier molecular flexibility index (Phi) is 8.40. The molecular formula is C19H23Cl2N4O4-. The van der Waals surface area contributed by atoms with Gasteiger partial charge in [0.1, 0.15) is 5.39 Å². The van der Waals surface area contributed by atoms with Gasteiger partial charge in [-0.05, 0) is 18.2 Å². The first-order chi connectivity index (χ1) is 12.8. The molecule has 0 aliphatic heterocycles. The Morgan fingerprint density at radius 3 is 2.48 bits per heavy atom. The van der Waals surface area contributed by atoms with Crippen LogP contribution in [-0.2, 0) is 0 Å². The molecule has 2 aromatic carbocycles. The number of hydrogen-bond acceptors (Lipinski definition) is 6. The fraction of sp³-hybridized carbons (Fsp3) is 0.316. The summed E-state index contributed by atoms with van der Waals surface area (Å²) in [6, 6.07) is 10.8. The Labute approximate surface area is 181 Å². The van der Waals surface area contributed by atoms with Crippen LogP contribution in [0.25, 0.3) is 21.8 Å². The number of nitrogens with zero attached hydrogens (tertiary/aromatic N) is 3. The first-order valence-corrected chi connectivity index (χ1v) is 8.63. The highest BCUT2D eigenvalue weighted by molar-refractivity contribution is 6.12. The van der Waals surface area contributed by atoms with Crippen LogP contribution in [0.3, 0.4) is 0 Å². The van der Waals surface area contributed by atoms with E-state index in [1.807, 2.05) is 24.3 Å². The van der Waals surface area contributed by atoms with Crippen molar-refractivity contribution in [3.8, 4) is 5.75 Å². The van der Waals surface area contributed by atoms with Crippen molar-refractivity contribution in [3.05, 3.63) is 51.7 Å². The SMILES string of the molecule is COc1ccc2nc3ccccc3c(NCCC[N+](C)(C)[O-])c2c1[N+](=O)[O-].Cl.[Cl-]. The van der Waals surface area contributed by atoms with Crippen LogP contribution in [0.4, 0.5) is 11.4 Å². The van der Waals surface area contributed by atoms with Gasteiger partial charge in [-0.3, -0.25) is 10.1 Å². The summed E-state index contributed by atoms with van der Waals surface area (Å²) < 4.78 is 4.83. The molecule has 1 N–H and O–H groups in total. The van der Waals surface area contributed by atoms with Gasteiger partial charge in [-0.15, -0.1) is 12.4 Å². The topological polar surface area (TPSA) is 100 Å². The van der Waals surface area contributed by atoms with E-state index in [0.29, 0.717) is 36.1 Å². The largest absolute Gasteiger partial charge is 1.00 e. The average Bonchev–Trinajstić information content (AvgIpc) is 2.62. The quantitative estimate of drug-likeness (QED) is 0.194. The van der Waals surface area contributed by atoms with Gasteiger partial charge in [-0.1, -0.05) is 18.2 Å². The second-order valence-electron chi connectivity index (χ2n) is 6.85. The van der Waals surface area contributed by atoms with Gasteiger partial charge in [0, 0.05) is 18.4 Å². The molecule has 0 unspecified atom stereocenters. The molecule has 0 bridgehead atoms. The highest BCUT2D eigenvalue weighted by Crippen LogP contribution is 2.41. The minimum Gasteiger partial charge on any atom is -1.00 e. The van der Waals surface area contributed by atoms with Crippen molar-refractivity contribution in [2.45, 2.75) is 6.42 Å². The highest BCUT2D eigenvalue weighted by Gasteiger charge is 2.24. The number of anilines is 1. The molecule has 0 fully saturated rings. The number of benzene rings is 2. The molecule has 3 aromatic rings. The number of para-hydroxylation sites is 1. The zero-order valence-electron chi connectivity index (χ0n) is 16.3. The number of quaternary nitrogens is 1. The van der Waals surface area contributed by atoms with Gasteiger partial charge < -0.3 is 32.3 Å². The van der Waals surface area contributed by atoms with E-state index in [9.17, 15) is 15.3 Å². The van der Waals surface area contributed by atoms with Crippen molar-refractivity contribution in [2.75, 3.05) is 39.6 Å². The minimum atomic E-state index is -0.444. The molecule has 0 saturated heterocycles. The van der Waals surface area contributed by atoms with Gasteiger partial charge in [0.25, 0.3) is 0 Å². The molecule has 0 aliphatic rings. The summed E-state index contributed by atoms with van der Waals surface area (Å²) in [6.45, 7) is 0.959. The number of nitro groups is 1. The minimum absolute atomic E-state index is 0. The molecule has 1 heterocycles. The summed E-state index contributed by atoms with van der Waals surface area (Å²) in [5, 5.41) is 28.0. The maximum atomic E-state index is 11.8. The van der Waals surface area contributed by atoms with Gasteiger partial charge in [-0.2, -0.15) is 0 Å². The molecule has 8 nitrogen and oxygen atoms in total. The monoisotopic (exact) mass is 441 g/mol. The van der Waals surface area contributed by atoms with Crippen LogP contribution in [-0.4, -0.2) is 48.8 Å². The molecule has 0 atom stereocenters. The Morgan fingerprint density at radius 2 is 1.86 bits per heavy atom. The van der Waals surface area contributed by atoms with E-state index in [4.69, 9.17) is 4.74 Å². The standard InChI is InChI=1S/C19H22N4O4.2ClH/c1-23(2,26)12-6-11-20-18-13-7-4-5-8-14(13)21-15-9-10-16(27-3)19(17(15)18)22(24)25;;/h4-5,7-10H,6,11-12H2,1-3H3,(H,20,21);2*1H/p-1. The number of hydroxylamine groups is 3. The lowest BCUT2D eigenvalue weighted by Gasteiger charge is -2.33. The predicted molar refractivity (Wildman–Crippen MR) is 113 cm³/mol. The molecule has 0 saturated carbocycles. The van der Waals surface area contributed by atoms with Crippen molar-refractivity contribution in [1.29, 1.82) is 0 Å². The van der Waals surface area contributed by atoms with E-state index in [1.54, 1.807) is 26.2 Å². The molecule has 10 heteroatoms. The summed E-state index contributed by atoms with van der Waals surface area (Å²) in [5.74, 6) is 0.185. The van der Waals surface area contributed by atoms with Crippen molar-refractivity contribution in [3.63, 3.8) is 0 Å². The summed E-state index contributed by atoms with van der Waals surface area (Å²) in [7, 11) is 4.59. The number of hydrogen-bond donors (Lipinski definition) is 1. The summed E-state index contributed by atoms with van der Waals surface area (Å²) in [6.07, 6.45) is 0.631. The molecule has 0 radical (unpaired) electrons. The molecule has 3 rings (SSSR count). The van der Waals surface area contributed by atoms with Gasteiger partial charge in [0.15, 0.2) is 5.75 Å². The third-order valence-corrected chi connectivity index (χ3v) is 4.36. The number of ether oxygens (including phenoxy) is 1. The number of nitro benzene ring substituents is 1. The molecule has 0 amide bonds. The summed E-state index contributed by atoms with van der Waals surface area (Å²) >= 11 is 0. The van der Waals surface area contributed by atoms with Gasteiger partial charge in [0.05, 0.1) is 49.4 Å². The van der Waals surface area contributed by atoms with Gasteiger partial charge >= 0.3 is 5.69 Å². The fourth-order valence-electron chi connectivity index (χ4n) is 3.15. The first kappa shape index (κ1) is 24.6. The van der Waals surface area contributed by atoms with E-state index >= 15 is 0 Å². The second-order valence-corrected chi connectivity index (χ2v) is 6.85. The molecule has 1 aromatic heterocycles. The maximum Gasteiger partial charge on any atom is 0.322 e. The Morgan fingerprint density at radius 1 is 1.17 bits per heavy atom. The third-order valence-electron chi connectivity index (χ3n) is 4.36. The van der Waals surface area contributed by atoms with E-state index in [1.165, 1.54) is 7.11 Å². The van der Waals surface area contributed by atoms with Gasteiger partial charge in [-0.25, -0.2) is 4.98 Å². The third kappa shape index (κ3) is 5.36. The fourth-order valence-corrected chi connectivity index (χ4v) is 3.15. The van der Waals surface area contributed by atoms with E-state index in [-0.39, 0.29) is 40.9 Å². The van der Waals surface area contributed by atoms with Crippen LogP contribution in [0.2, 0.25) is 0 Å². The van der Waals surface area contributed by atoms with Crippen molar-refractivity contribution < 1.29 is 26.7 Å². The molecule has 158 valence electrons. The Bertz CT molecular complexity index is 1010. The number of methoxy groups -OCH3 is 1. The number of fused-ring (bicyclic) bond motifs is 2. The van der Waals surface area contributed by atoms with Crippen molar-refractivity contribution in [1.82, 2.24) is 4.98 Å². The average molecular weight is 442 g/mol. The van der Waals surface area contributed by atoms with Gasteiger partial charge in [0.2, 0.25) is 0 Å². The lowest BCUT2D eigenvalue weighted by molar-refractivity contribution is -0.839. The zero-order valence-corrected chi connectivity index (χ0v) is 17.9. The number of halogens is 2. The lowest BCUT2D eigenvalue weighted by atomic mass is 10.1. The zero-order chi connectivity index (χ0) is 19.6. The van der Waals surface area contributed by atoms with Crippen molar-refractivity contribution >= 4 is 45.6 Å². The lowest BCUT2D eigenvalue weighted by Crippen LogP contribution is -3.00. The van der Waals surface area contributed by atoms with Crippen LogP contribution < -0.4 is 22.5 Å². The molecule has 29 heavy (non-hydrogen) atoms. The number of pyridine rings is 1. The van der Waals surface area contributed by atoms with E-state index in [0.717, 1.165) is 10.9 Å². The number of aromatic nitrogens is 1. The molecule has 0 aliphatic carbocycles. The summed E-state index contributed by atoms with van der Waals surface area (Å²) in [4.78, 5) is 15.9. The number of rotatable bonds is 7. The smallest absolute Gasteiger partial charge is 0.322 e. The predicted octanol–water partition coefficient (Wildman–Crippen LogP) is 1.11. The van der Waals surface area contributed by atoms with Crippen LogP contribution in [0.1, 0.15) is 6.42 Å². The maximum absolute atomic E-state index is 11.8. The molecular weight excluding hydrogens is 419 g/mol. The van der Waals surface area contributed by atoms with E-state index in [2.05, 4.69) is 10.3 Å². The second kappa shape index (κ2) is 9.89. The van der Waals surface area contributed by atoms with Crippen LogP contribution in [0.5, 0.6) is 5.75 Å². The Balaban J connectivity index is 0.00000210. The van der Waals surface area contributed by atoms with Crippen LogP contribution in [0, 0.1) is 15.3 Å². The Hall–Kier alpha value is -2.39. The summed E-state index contributed by atoms with van der Waals surface area (Å²) in [5.41, 5.74) is 1.78. The van der Waals surface area contributed by atoms with Crippen LogP contribution >= 0.6 is 12.4 Å². The first-order valence-electron chi connectivity index (χ1n) is 8.63. The number of nitrogens with one attached hydrogen (secondary N) is 1.